The highest BCUT2D eigenvalue weighted by atomic mass is 16.5. The Morgan fingerprint density at radius 3 is 2.40 bits per heavy atom. The average Bonchev–Trinajstić information content (AvgIpc) is 2.68. The minimum Gasteiger partial charge on any atom is -0.497 e. The van der Waals surface area contributed by atoms with E-state index in [1.54, 1.807) is 7.11 Å². The molecule has 0 amide bonds. The van der Waals surface area contributed by atoms with Crippen LogP contribution in [0.2, 0.25) is 0 Å². The van der Waals surface area contributed by atoms with Crippen LogP contribution < -0.4 is 10.1 Å². The van der Waals surface area contributed by atoms with Gasteiger partial charge in [0.25, 0.3) is 0 Å². The van der Waals surface area contributed by atoms with Crippen LogP contribution >= 0.6 is 0 Å². The fourth-order valence-corrected chi connectivity index (χ4v) is 3.61. The number of hydrogen-bond acceptors (Lipinski definition) is 3. The maximum Gasteiger partial charge on any atom is 0.119 e. The Morgan fingerprint density at radius 2 is 1.72 bits per heavy atom. The van der Waals surface area contributed by atoms with Gasteiger partial charge in [-0.3, -0.25) is 0 Å². The standard InChI is InChI=1S/C22H30N2O/c1-25-22-10-8-21(9-11-22)23-14-5-15-24-16-12-20(13-17-24)18-19-6-3-2-4-7-19/h2-4,6-11,20,23H,5,12-18H2,1H3. The lowest BCUT2D eigenvalue weighted by Crippen LogP contribution is -2.35. The smallest absolute Gasteiger partial charge is 0.119 e. The summed E-state index contributed by atoms with van der Waals surface area (Å²) in [6.07, 6.45) is 5.10. The topological polar surface area (TPSA) is 24.5 Å². The Balaban J connectivity index is 1.30. The van der Waals surface area contributed by atoms with Crippen LogP contribution in [0.4, 0.5) is 5.69 Å². The maximum absolute atomic E-state index is 5.19. The van der Waals surface area contributed by atoms with Gasteiger partial charge in [0.15, 0.2) is 0 Å². The summed E-state index contributed by atoms with van der Waals surface area (Å²) in [6, 6.07) is 19.1. The third kappa shape index (κ3) is 5.79. The maximum atomic E-state index is 5.19. The minimum absolute atomic E-state index is 0.857. The number of hydrogen-bond donors (Lipinski definition) is 1. The van der Waals surface area contributed by atoms with Crippen molar-refractivity contribution < 1.29 is 4.74 Å². The second kappa shape index (κ2) is 9.47. The van der Waals surface area contributed by atoms with Crippen molar-refractivity contribution in [1.29, 1.82) is 0 Å². The summed E-state index contributed by atoms with van der Waals surface area (Å²) in [4.78, 5) is 2.62. The monoisotopic (exact) mass is 338 g/mol. The molecule has 25 heavy (non-hydrogen) atoms. The minimum atomic E-state index is 0.857. The summed E-state index contributed by atoms with van der Waals surface area (Å²) >= 11 is 0. The molecule has 3 nitrogen and oxygen atoms in total. The van der Waals surface area contributed by atoms with Crippen molar-refractivity contribution in [2.24, 2.45) is 5.92 Å². The van der Waals surface area contributed by atoms with E-state index in [1.165, 1.54) is 56.6 Å². The number of nitrogens with one attached hydrogen (secondary N) is 1. The summed E-state index contributed by atoms with van der Waals surface area (Å²) in [7, 11) is 1.70. The quantitative estimate of drug-likeness (QED) is 0.720. The molecule has 0 saturated carbocycles. The molecule has 3 rings (SSSR count). The van der Waals surface area contributed by atoms with Gasteiger partial charge in [-0.05, 0) is 81.1 Å². The van der Waals surface area contributed by atoms with Crippen molar-refractivity contribution >= 4 is 5.69 Å². The van der Waals surface area contributed by atoms with Gasteiger partial charge in [-0.25, -0.2) is 0 Å². The Kier molecular flexibility index (Phi) is 6.75. The van der Waals surface area contributed by atoms with Crippen LogP contribution in [0.1, 0.15) is 24.8 Å². The number of methoxy groups -OCH3 is 1. The number of piperidine rings is 1. The van der Waals surface area contributed by atoms with Crippen LogP contribution in [0.5, 0.6) is 5.75 Å². The number of rotatable bonds is 8. The highest BCUT2D eigenvalue weighted by Gasteiger charge is 2.18. The highest BCUT2D eigenvalue weighted by Crippen LogP contribution is 2.21. The van der Waals surface area contributed by atoms with Gasteiger partial charge in [-0.2, -0.15) is 0 Å². The molecule has 0 aromatic heterocycles. The van der Waals surface area contributed by atoms with E-state index in [4.69, 9.17) is 4.74 Å². The zero-order valence-corrected chi connectivity index (χ0v) is 15.3. The summed E-state index contributed by atoms with van der Waals surface area (Å²) in [6.45, 7) is 4.72. The Bertz CT molecular complexity index is 604. The first-order valence-corrected chi connectivity index (χ1v) is 9.47. The summed E-state index contributed by atoms with van der Waals surface area (Å²) in [5, 5.41) is 3.49. The van der Waals surface area contributed by atoms with E-state index in [0.717, 1.165) is 18.2 Å². The normalized spacial score (nSPS) is 15.9. The molecule has 1 aliphatic rings. The summed E-state index contributed by atoms with van der Waals surface area (Å²) in [5.41, 5.74) is 2.66. The van der Waals surface area contributed by atoms with Crippen molar-refractivity contribution in [3.63, 3.8) is 0 Å². The third-order valence-corrected chi connectivity index (χ3v) is 5.14. The average molecular weight is 338 g/mol. The van der Waals surface area contributed by atoms with Gasteiger partial charge in [0.05, 0.1) is 7.11 Å². The third-order valence-electron chi connectivity index (χ3n) is 5.14. The molecule has 134 valence electrons. The first-order chi connectivity index (χ1) is 12.3. The molecule has 1 aliphatic heterocycles. The van der Waals surface area contributed by atoms with E-state index in [9.17, 15) is 0 Å². The van der Waals surface area contributed by atoms with Gasteiger partial charge >= 0.3 is 0 Å². The van der Waals surface area contributed by atoms with Crippen LogP contribution in [-0.2, 0) is 6.42 Å². The zero-order valence-electron chi connectivity index (χ0n) is 15.3. The van der Waals surface area contributed by atoms with E-state index in [1.807, 2.05) is 12.1 Å². The fraction of sp³-hybridized carbons (Fsp3) is 0.455. The van der Waals surface area contributed by atoms with E-state index >= 15 is 0 Å². The van der Waals surface area contributed by atoms with Crippen LogP contribution in [0.3, 0.4) is 0 Å². The number of ether oxygens (including phenoxy) is 1. The molecule has 0 unspecified atom stereocenters. The van der Waals surface area contributed by atoms with Crippen molar-refractivity contribution in [3.8, 4) is 5.75 Å². The molecule has 2 aromatic carbocycles. The first-order valence-electron chi connectivity index (χ1n) is 9.47. The lowest BCUT2D eigenvalue weighted by atomic mass is 9.90. The van der Waals surface area contributed by atoms with Crippen molar-refractivity contribution in [2.75, 3.05) is 38.6 Å². The highest BCUT2D eigenvalue weighted by molar-refractivity contribution is 5.46. The Labute approximate surface area is 152 Å². The van der Waals surface area contributed by atoms with Crippen LogP contribution in [0, 0.1) is 5.92 Å². The number of likely N-dealkylation sites (tertiary alicyclic amines) is 1. The first kappa shape index (κ1) is 17.8. The van der Waals surface area contributed by atoms with Gasteiger partial charge in [0.2, 0.25) is 0 Å². The van der Waals surface area contributed by atoms with Crippen LogP contribution in [0.15, 0.2) is 54.6 Å². The largest absolute Gasteiger partial charge is 0.497 e. The molecule has 0 bridgehead atoms. The lowest BCUT2D eigenvalue weighted by molar-refractivity contribution is 0.183. The number of benzene rings is 2. The second-order valence-corrected chi connectivity index (χ2v) is 6.98. The molecule has 1 heterocycles. The van der Waals surface area contributed by atoms with Crippen LogP contribution in [0.25, 0.3) is 0 Å². The van der Waals surface area contributed by atoms with Crippen molar-refractivity contribution in [2.45, 2.75) is 25.7 Å². The molecule has 3 heteroatoms. The molecule has 0 aliphatic carbocycles. The van der Waals surface area contributed by atoms with Crippen molar-refractivity contribution in [3.05, 3.63) is 60.2 Å². The van der Waals surface area contributed by atoms with Gasteiger partial charge < -0.3 is 15.0 Å². The summed E-state index contributed by atoms with van der Waals surface area (Å²) < 4.78 is 5.19. The second-order valence-electron chi connectivity index (χ2n) is 6.98. The predicted molar refractivity (Wildman–Crippen MR) is 105 cm³/mol. The van der Waals surface area contributed by atoms with Gasteiger partial charge in [0, 0.05) is 12.2 Å². The Hall–Kier alpha value is -2.00. The molecular weight excluding hydrogens is 308 g/mol. The van der Waals surface area contributed by atoms with Gasteiger partial charge in [-0.1, -0.05) is 30.3 Å². The predicted octanol–water partition coefficient (Wildman–Crippen LogP) is 4.45. The van der Waals surface area contributed by atoms with E-state index in [2.05, 4.69) is 52.7 Å². The molecule has 0 atom stereocenters. The molecular formula is C22H30N2O. The van der Waals surface area contributed by atoms with E-state index < -0.39 is 0 Å². The lowest BCUT2D eigenvalue weighted by Gasteiger charge is -2.32. The fourth-order valence-electron chi connectivity index (χ4n) is 3.61. The number of nitrogens with zero attached hydrogens (tertiary/aromatic N) is 1. The molecule has 2 aromatic rings. The number of anilines is 1. The zero-order chi connectivity index (χ0) is 17.3. The van der Waals surface area contributed by atoms with Gasteiger partial charge in [-0.15, -0.1) is 0 Å². The van der Waals surface area contributed by atoms with Crippen LogP contribution in [-0.4, -0.2) is 38.2 Å². The van der Waals surface area contributed by atoms with E-state index in [0.29, 0.717) is 0 Å². The van der Waals surface area contributed by atoms with E-state index in [-0.39, 0.29) is 0 Å². The van der Waals surface area contributed by atoms with Gasteiger partial charge in [0.1, 0.15) is 5.75 Å². The molecule has 0 radical (unpaired) electrons. The SMILES string of the molecule is COc1ccc(NCCCN2CCC(Cc3ccccc3)CC2)cc1. The summed E-state index contributed by atoms with van der Waals surface area (Å²) in [5.74, 6) is 1.76. The molecule has 0 spiro atoms. The molecule has 1 saturated heterocycles. The molecule has 1 fully saturated rings. The molecule has 1 N–H and O–H groups in total. The Morgan fingerprint density at radius 1 is 1.00 bits per heavy atom. The van der Waals surface area contributed by atoms with Crippen molar-refractivity contribution in [1.82, 2.24) is 4.90 Å².